The Morgan fingerprint density at radius 1 is 0.574 bits per heavy atom. The molecule has 3 aromatic rings. The smallest absolute Gasteiger partial charge is 0.310 e. The molecule has 0 spiro atoms. The highest BCUT2D eigenvalue weighted by Gasteiger charge is 2.22. The zero-order valence-electron chi connectivity index (χ0n) is 29.1. The molecule has 5 nitrogen and oxygen atoms in total. The summed E-state index contributed by atoms with van der Waals surface area (Å²) in [5, 5.41) is 0. The van der Waals surface area contributed by atoms with Crippen molar-refractivity contribution in [2.75, 3.05) is 6.61 Å². The average Bonchev–Trinajstić information content (AvgIpc) is 3.09. The molecule has 0 N–H and O–H groups in total. The topological polar surface area (TPSA) is 61.8 Å². The zero-order chi connectivity index (χ0) is 33.4. The molecule has 0 unspecified atom stereocenters. The van der Waals surface area contributed by atoms with Gasteiger partial charge in [-0.3, -0.25) is 9.59 Å². The molecule has 0 atom stereocenters. The van der Waals surface area contributed by atoms with Crippen molar-refractivity contribution >= 4 is 11.8 Å². The van der Waals surface area contributed by atoms with E-state index in [2.05, 4.69) is 6.92 Å². The van der Waals surface area contributed by atoms with Crippen LogP contribution in [-0.2, 0) is 29.2 Å². The molecule has 0 radical (unpaired) electrons. The Balaban J connectivity index is 1.56. The van der Waals surface area contributed by atoms with Crippen LogP contribution in [0.4, 0.5) is 0 Å². The lowest BCUT2D eigenvalue weighted by molar-refractivity contribution is -0.142. The molecule has 0 aromatic heterocycles. The molecule has 3 aromatic carbocycles. The molecule has 5 heteroatoms. The molecule has 0 bridgehead atoms. The van der Waals surface area contributed by atoms with Gasteiger partial charge in [-0.1, -0.05) is 157 Å². The van der Waals surface area contributed by atoms with E-state index in [1.54, 1.807) is 19.1 Å². The predicted molar refractivity (Wildman–Crippen MR) is 192 cm³/mol. The second-order valence-electron chi connectivity index (χ2n) is 12.6. The predicted octanol–water partition coefficient (Wildman–Crippen LogP) is 11.4. The van der Waals surface area contributed by atoms with E-state index in [1.165, 1.54) is 77.0 Å². The van der Waals surface area contributed by atoms with Gasteiger partial charge < -0.3 is 14.2 Å². The minimum absolute atomic E-state index is 0.00309. The van der Waals surface area contributed by atoms with Crippen LogP contribution in [0, 0.1) is 0 Å². The maximum Gasteiger partial charge on any atom is 0.310 e. The molecule has 3 rings (SSSR count). The molecule has 0 aliphatic heterocycles. The number of hydrogen-bond acceptors (Lipinski definition) is 5. The van der Waals surface area contributed by atoms with Crippen LogP contribution >= 0.6 is 0 Å². The first-order valence-corrected chi connectivity index (χ1v) is 18.3. The number of rotatable bonds is 26. The lowest BCUT2D eigenvalue weighted by Crippen LogP contribution is -2.14. The Bertz CT molecular complexity index is 1270. The summed E-state index contributed by atoms with van der Waals surface area (Å²) in [6.45, 7) is 5.01. The van der Waals surface area contributed by atoms with E-state index < -0.39 is 0 Å². The number of carbonyl (C=O) groups is 2. The largest absolute Gasteiger partial charge is 0.489 e. The fourth-order valence-corrected chi connectivity index (χ4v) is 5.92. The van der Waals surface area contributed by atoms with Crippen molar-refractivity contribution in [3.8, 4) is 11.5 Å². The van der Waals surface area contributed by atoms with E-state index in [4.69, 9.17) is 14.2 Å². The maximum absolute atomic E-state index is 13.8. The highest BCUT2D eigenvalue weighted by atomic mass is 16.5. The van der Waals surface area contributed by atoms with E-state index in [1.807, 2.05) is 60.7 Å². The van der Waals surface area contributed by atoms with Crippen LogP contribution < -0.4 is 9.47 Å². The second kappa shape index (κ2) is 23.7. The second-order valence-corrected chi connectivity index (χ2v) is 12.6. The lowest BCUT2D eigenvalue weighted by atomic mass is 9.95. The summed E-state index contributed by atoms with van der Waals surface area (Å²) in [6, 6.07) is 23.4. The van der Waals surface area contributed by atoms with Crippen molar-refractivity contribution in [2.24, 2.45) is 0 Å². The van der Waals surface area contributed by atoms with Crippen LogP contribution in [0.25, 0.3) is 0 Å². The third-order valence-corrected chi connectivity index (χ3v) is 8.57. The highest BCUT2D eigenvalue weighted by molar-refractivity contribution is 6.01. The molecule has 0 aliphatic carbocycles. The van der Waals surface area contributed by atoms with Crippen LogP contribution in [0.3, 0.4) is 0 Å². The fraction of sp³-hybridized carbons (Fsp3) is 0.524. The summed E-state index contributed by atoms with van der Waals surface area (Å²) in [6.07, 6.45) is 19.6. The van der Waals surface area contributed by atoms with Crippen LogP contribution in [0.5, 0.6) is 11.5 Å². The van der Waals surface area contributed by atoms with Gasteiger partial charge in [-0.15, -0.1) is 0 Å². The number of carbonyl (C=O) groups excluding carboxylic acids is 2. The number of Topliss-reactive ketones (excluding diaryl/α,β-unsaturated/α-hetero) is 1. The van der Waals surface area contributed by atoms with Crippen molar-refractivity contribution in [1.29, 1.82) is 0 Å². The standard InChI is InChI=1S/C42H58O5/c1-3-5-6-7-8-9-10-11-12-13-14-15-16-17-24-29-39(43)42-37(31-41(44)45-4-2)30-38(46-33-35-25-20-18-21-26-35)32-40(42)47-34-36-27-22-19-23-28-36/h18-23,25-28,30,32H,3-17,24,29,31,33-34H2,1-2H3. The molecule has 0 fully saturated rings. The van der Waals surface area contributed by atoms with Crippen molar-refractivity contribution in [3.05, 3.63) is 95.1 Å². The Kier molecular flexibility index (Phi) is 19.1. The SMILES string of the molecule is CCCCCCCCCCCCCCCCCC(=O)c1c(CC(=O)OCC)cc(OCc2ccccc2)cc1OCc1ccccc1. The van der Waals surface area contributed by atoms with Gasteiger partial charge >= 0.3 is 5.97 Å². The van der Waals surface area contributed by atoms with Gasteiger partial charge in [0.1, 0.15) is 24.7 Å². The van der Waals surface area contributed by atoms with Gasteiger partial charge in [-0.05, 0) is 36.1 Å². The summed E-state index contributed by atoms with van der Waals surface area (Å²) < 4.78 is 17.7. The Hall–Kier alpha value is -3.60. The Morgan fingerprint density at radius 2 is 1.06 bits per heavy atom. The van der Waals surface area contributed by atoms with Crippen molar-refractivity contribution in [2.45, 2.75) is 136 Å². The van der Waals surface area contributed by atoms with E-state index in [9.17, 15) is 9.59 Å². The van der Waals surface area contributed by atoms with Gasteiger partial charge in [0, 0.05) is 12.5 Å². The van der Waals surface area contributed by atoms with Crippen LogP contribution in [0.15, 0.2) is 72.8 Å². The number of esters is 1. The van der Waals surface area contributed by atoms with Crippen molar-refractivity contribution in [1.82, 2.24) is 0 Å². The summed E-state index contributed by atoms with van der Waals surface area (Å²) in [5.74, 6) is 0.629. The third kappa shape index (κ3) is 15.7. The maximum atomic E-state index is 13.8. The van der Waals surface area contributed by atoms with Crippen molar-refractivity contribution < 1.29 is 23.8 Å². The average molecular weight is 643 g/mol. The quantitative estimate of drug-likeness (QED) is 0.0495. The molecule has 47 heavy (non-hydrogen) atoms. The van der Waals surface area contributed by atoms with Gasteiger partial charge in [0.15, 0.2) is 5.78 Å². The molecule has 256 valence electrons. The minimum Gasteiger partial charge on any atom is -0.489 e. The van der Waals surface area contributed by atoms with E-state index >= 15 is 0 Å². The van der Waals surface area contributed by atoms with Crippen LogP contribution in [0.1, 0.15) is 144 Å². The van der Waals surface area contributed by atoms with Gasteiger partial charge in [0.25, 0.3) is 0 Å². The van der Waals surface area contributed by atoms with E-state index in [-0.39, 0.29) is 24.8 Å². The number of ether oxygens (including phenoxy) is 3. The van der Waals surface area contributed by atoms with Gasteiger partial charge in [0.05, 0.1) is 18.6 Å². The fourth-order valence-electron chi connectivity index (χ4n) is 5.92. The Morgan fingerprint density at radius 3 is 1.57 bits per heavy atom. The third-order valence-electron chi connectivity index (χ3n) is 8.57. The first-order chi connectivity index (χ1) is 23.1. The first-order valence-electron chi connectivity index (χ1n) is 18.3. The molecule has 0 aliphatic rings. The summed E-state index contributed by atoms with van der Waals surface area (Å²) >= 11 is 0. The highest BCUT2D eigenvalue weighted by Crippen LogP contribution is 2.33. The van der Waals surface area contributed by atoms with Crippen molar-refractivity contribution in [3.63, 3.8) is 0 Å². The summed E-state index contributed by atoms with van der Waals surface area (Å²) in [4.78, 5) is 26.4. The normalized spacial score (nSPS) is 10.9. The van der Waals surface area contributed by atoms with Gasteiger partial charge in [-0.25, -0.2) is 0 Å². The first kappa shape index (κ1) is 37.9. The minimum atomic E-state index is -0.372. The van der Waals surface area contributed by atoms with Gasteiger partial charge in [-0.2, -0.15) is 0 Å². The Labute approximate surface area is 284 Å². The van der Waals surface area contributed by atoms with Crippen LogP contribution in [-0.4, -0.2) is 18.4 Å². The van der Waals surface area contributed by atoms with Crippen LogP contribution in [0.2, 0.25) is 0 Å². The molecule has 0 heterocycles. The lowest BCUT2D eigenvalue weighted by Gasteiger charge is -2.18. The number of hydrogen-bond donors (Lipinski definition) is 0. The zero-order valence-corrected chi connectivity index (χ0v) is 29.1. The summed E-state index contributed by atoms with van der Waals surface area (Å²) in [7, 11) is 0. The van der Waals surface area contributed by atoms with E-state index in [0.29, 0.717) is 42.3 Å². The molecule has 0 saturated carbocycles. The van der Waals surface area contributed by atoms with Gasteiger partial charge in [0.2, 0.25) is 0 Å². The molecular weight excluding hydrogens is 584 g/mol. The molecule has 0 saturated heterocycles. The number of ketones is 1. The molecular formula is C42H58O5. The number of benzene rings is 3. The monoisotopic (exact) mass is 642 g/mol. The van der Waals surface area contributed by atoms with E-state index in [0.717, 1.165) is 30.4 Å². The number of unbranched alkanes of at least 4 members (excludes halogenated alkanes) is 14. The summed E-state index contributed by atoms with van der Waals surface area (Å²) in [5.41, 5.74) is 3.07. The molecule has 0 amide bonds.